The molecule has 98 valence electrons. The lowest BCUT2D eigenvalue weighted by Crippen LogP contribution is -2.23. The second-order valence-corrected chi connectivity index (χ2v) is 4.67. The Morgan fingerprint density at radius 3 is 3.21 bits per heavy atom. The molecule has 2 aromatic heterocycles. The molecule has 0 radical (unpaired) electrons. The lowest BCUT2D eigenvalue weighted by atomic mass is 10.3. The van der Waals surface area contributed by atoms with E-state index in [1.807, 2.05) is 0 Å². The predicted molar refractivity (Wildman–Crippen MR) is 71.6 cm³/mol. The lowest BCUT2D eigenvalue weighted by Gasteiger charge is -2.10. The summed E-state index contributed by atoms with van der Waals surface area (Å²) in [6.07, 6.45) is 4.90. The van der Waals surface area contributed by atoms with E-state index in [1.54, 1.807) is 36.3 Å². The van der Waals surface area contributed by atoms with Crippen molar-refractivity contribution in [3.05, 3.63) is 29.5 Å². The zero-order valence-electron chi connectivity index (χ0n) is 10.2. The normalized spacial score (nSPS) is 11.5. The van der Waals surface area contributed by atoms with Crippen molar-refractivity contribution in [2.24, 2.45) is 0 Å². The zero-order chi connectivity index (χ0) is 13.7. The Kier molecular flexibility index (Phi) is 4.28. The molecule has 0 aliphatic rings. The van der Waals surface area contributed by atoms with Gasteiger partial charge in [0.25, 0.3) is 5.91 Å². The zero-order valence-corrected chi connectivity index (χ0v) is 11.0. The van der Waals surface area contributed by atoms with Gasteiger partial charge in [0.2, 0.25) is 0 Å². The molecule has 2 rings (SSSR count). The molecule has 2 N–H and O–H groups in total. The maximum Gasteiger partial charge on any atom is 0.250 e. The van der Waals surface area contributed by atoms with E-state index in [2.05, 4.69) is 27.2 Å². The molecule has 2 aromatic rings. The van der Waals surface area contributed by atoms with Gasteiger partial charge in [-0.25, -0.2) is 4.98 Å². The van der Waals surface area contributed by atoms with Crippen molar-refractivity contribution in [2.45, 2.75) is 13.0 Å². The minimum atomic E-state index is -0.411. The number of aromatic nitrogens is 3. The number of hydrogen-bond donors (Lipinski definition) is 2. The standard InChI is InChI=1S/C12H12N4O2S/c1-9(16-6-3-5-14-16)11(18)15-12-13-8-10(19-12)4-2-7-17/h3,5-6,8-9,17H,7H2,1H3,(H,13,15,18). The number of amides is 1. The molecular formula is C12H12N4O2S. The average molecular weight is 276 g/mol. The molecule has 1 atom stereocenters. The topological polar surface area (TPSA) is 80.0 Å². The van der Waals surface area contributed by atoms with Gasteiger partial charge in [-0.05, 0) is 13.0 Å². The smallest absolute Gasteiger partial charge is 0.250 e. The Balaban J connectivity index is 2.01. The Morgan fingerprint density at radius 1 is 1.68 bits per heavy atom. The fraction of sp³-hybridized carbons (Fsp3) is 0.250. The quantitative estimate of drug-likeness (QED) is 0.816. The van der Waals surface area contributed by atoms with Crippen molar-refractivity contribution in [1.82, 2.24) is 14.8 Å². The minimum absolute atomic E-state index is 0.195. The number of carbonyl (C=O) groups excluding carboxylic acids is 1. The summed E-state index contributed by atoms with van der Waals surface area (Å²) in [5.41, 5.74) is 0. The van der Waals surface area contributed by atoms with Crippen LogP contribution in [-0.2, 0) is 4.79 Å². The molecule has 0 aliphatic heterocycles. The van der Waals surface area contributed by atoms with Gasteiger partial charge in [0, 0.05) is 12.4 Å². The Morgan fingerprint density at radius 2 is 2.53 bits per heavy atom. The molecule has 1 unspecified atom stereocenters. The average Bonchev–Trinajstić information content (AvgIpc) is 3.06. The molecule has 0 aromatic carbocycles. The fourth-order valence-corrected chi connectivity index (χ4v) is 2.05. The molecule has 1 amide bonds. The summed E-state index contributed by atoms with van der Waals surface area (Å²) in [7, 11) is 0. The second kappa shape index (κ2) is 6.13. The van der Waals surface area contributed by atoms with Crippen LogP contribution in [0.2, 0.25) is 0 Å². The first kappa shape index (κ1) is 13.3. The molecule has 0 saturated heterocycles. The summed E-state index contributed by atoms with van der Waals surface area (Å²) < 4.78 is 1.56. The lowest BCUT2D eigenvalue weighted by molar-refractivity contribution is -0.119. The third-order valence-corrected chi connectivity index (χ3v) is 3.16. The summed E-state index contributed by atoms with van der Waals surface area (Å²) in [6.45, 7) is 1.55. The summed E-state index contributed by atoms with van der Waals surface area (Å²) in [6, 6.07) is 1.35. The molecule has 0 fully saturated rings. The van der Waals surface area contributed by atoms with Gasteiger partial charge in [-0.1, -0.05) is 23.2 Å². The highest BCUT2D eigenvalue weighted by atomic mass is 32.1. The first-order valence-corrected chi connectivity index (χ1v) is 6.38. The van der Waals surface area contributed by atoms with E-state index in [1.165, 1.54) is 11.3 Å². The van der Waals surface area contributed by atoms with E-state index in [4.69, 9.17) is 5.11 Å². The molecular weight excluding hydrogens is 264 g/mol. The predicted octanol–water partition coefficient (Wildman–Crippen LogP) is 0.883. The van der Waals surface area contributed by atoms with Crippen LogP contribution in [0.5, 0.6) is 0 Å². The van der Waals surface area contributed by atoms with Gasteiger partial charge in [-0.3, -0.25) is 9.48 Å². The van der Waals surface area contributed by atoms with Crippen LogP contribution in [0.3, 0.4) is 0 Å². The first-order chi connectivity index (χ1) is 9.20. The largest absolute Gasteiger partial charge is 0.384 e. The molecule has 0 spiro atoms. The van der Waals surface area contributed by atoms with Gasteiger partial charge in [0.1, 0.15) is 12.6 Å². The van der Waals surface area contributed by atoms with E-state index < -0.39 is 6.04 Å². The molecule has 0 aliphatic carbocycles. The maximum absolute atomic E-state index is 12.0. The van der Waals surface area contributed by atoms with Crippen LogP contribution in [0.15, 0.2) is 24.7 Å². The first-order valence-electron chi connectivity index (χ1n) is 5.56. The summed E-state index contributed by atoms with van der Waals surface area (Å²) >= 11 is 1.26. The SMILES string of the molecule is CC(C(=O)Nc1ncc(C#CCO)s1)n1cccn1. The Bertz CT molecular complexity index is 609. The summed E-state index contributed by atoms with van der Waals surface area (Å²) in [5.74, 6) is 5.06. The minimum Gasteiger partial charge on any atom is -0.384 e. The van der Waals surface area contributed by atoms with Crippen LogP contribution in [0.25, 0.3) is 0 Å². The van der Waals surface area contributed by atoms with Gasteiger partial charge >= 0.3 is 0 Å². The van der Waals surface area contributed by atoms with E-state index in [0.29, 0.717) is 10.0 Å². The van der Waals surface area contributed by atoms with E-state index in [-0.39, 0.29) is 12.5 Å². The number of nitrogens with one attached hydrogen (secondary N) is 1. The van der Waals surface area contributed by atoms with Crippen LogP contribution in [-0.4, -0.2) is 32.4 Å². The number of aliphatic hydroxyl groups excluding tert-OH is 1. The van der Waals surface area contributed by atoms with Gasteiger partial charge in [-0.2, -0.15) is 5.10 Å². The van der Waals surface area contributed by atoms with Crippen LogP contribution in [0, 0.1) is 11.8 Å². The van der Waals surface area contributed by atoms with Crippen molar-refractivity contribution in [2.75, 3.05) is 11.9 Å². The third-order valence-electron chi connectivity index (χ3n) is 2.33. The highest BCUT2D eigenvalue weighted by Crippen LogP contribution is 2.18. The van der Waals surface area contributed by atoms with Crippen molar-refractivity contribution < 1.29 is 9.90 Å². The number of nitrogens with zero attached hydrogens (tertiary/aromatic N) is 3. The number of thiazole rings is 1. The van der Waals surface area contributed by atoms with E-state index >= 15 is 0 Å². The Labute approximate surface area is 114 Å². The molecule has 7 heteroatoms. The Hall–Kier alpha value is -2.17. The molecule has 0 bridgehead atoms. The number of anilines is 1. The summed E-state index contributed by atoms with van der Waals surface area (Å²) in [5, 5.41) is 15.8. The highest BCUT2D eigenvalue weighted by molar-refractivity contribution is 7.16. The van der Waals surface area contributed by atoms with Gasteiger partial charge in [0.15, 0.2) is 5.13 Å². The van der Waals surface area contributed by atoms with Gasteiger partial charge < -0.3 is 10.4 Å². The van der Waals surface area contributed by atoms with Crippen LogP contribution < -0.4 is 5.32 Å². The molecule has 19 heavy (non-hydrogen) atoms. The van der Waals surface area contributed by atoms with Crippen molar-refractivity contribution in [3.8, 4) is 11.8 Å². The number of hydrogen-bond acceptors (Lipinski definition) is 5. The van der Waals surface area contributed by atoms with E-state index in [0.717, 1.165) is 0 Å². The van der Waals surface area contributed by atoms with Crippen LogP contribution >= 0.6 is 11.3 Å². The fourth-order valence-electron chi connectivity index (χ4n) is 1.36. The maximum atomic E-state index is 12.0. The van der Waals surface area contributed by atoms with Gasteiger partial charge in [-0.15, -0.1) is 0 Å². The van der Waals surface area contributed by atoms with Crippen LogP contribution in [0.1, 0.15) is 17.8 Å². The van der Waals surface area contributed by atoms with Crippen molar-refractivity contribution >= 4 is 22.4 Å². The van der Waals surface area contributed by atoms with Crippen molar-refractivity contribution in [1.29, 1.82) is 0 Å². The second-order valence-electron chi connectivity index (χ2n) is 3.64. The monoisotopic (exact) mass is 276 g/mol. The number of carbonyl (C=O) groups is 1. The van der Waals surface area contributed by atoms with Crippen molar-refractivity contribution in [3.63, 3.8) is 0 Å². The third kappa shape index (κ3) is 3.40. The molecule has 2 heterocycles. The highest BCUT2D eigenvalue weighted by Gasteiger charge is 2.16. The number of rotatable bonds is 3. The summed E-state index contributed by atoms with van der Waals surface area (Å²) in [4.78, 5) is 16.7. The van der Waals surface area contributed by atoms with Gasteiger partial charge in [0.05, 0.1) is 11.1 Å². The molecule has 0 saturated carbocycles. The number of aliphatic hydroxyl groups is 1. The van der Waals surface area contributed by atoms with Crippen LogP contribution in [0.4, 0.5) is 5.13 Å². The van der Waals surface area contributed by atoms with E-state index in [9.17, 15) is 4.79 Å². The molecule has 6 nitrogen and oxygen atoms in total.